The lowest BCUT2D eigenvalue weighted by Crippen LogP contribution is -2.58. The summed E-state index contributed by atoms with van der Waals surface area (Å²) >= 11 is 0. The van der Waals surface area contributed by atoms with Crippen molar-refractivity contribution in [2.45, 2.75) is 45.7 Å². The van der Waals surface area contributed by atoms with Crippen LogP contribution in [0, 0.1) is 18.7 Å². The molecule has 2 atom stereocenters. The third-order valence-corrected chi connectivity index (χ3v) is 4.91. The van der Waals surface area contributed by atoms with Crippen LogP contribution in [0.5, 0.6) is 0 Å². The fraction of sp³-hybridized carbons (Fsp3) is 0.647. The van der Waals surface area contributed by atoms with E-state index in [1.165, 1.54) is 19.4 Å². The first-order valence-electron chi connectivity index (χ1n) is 7.83. The summed E-state index contributed by atoms with van der Waals surface area (Å²) in [4.78, 5) is 4.93. The van der Waals surface area contributed by atoms with Crippen LogP contribution in [0.25, 0.3) is 0 Å². The molecule has 3 heteroatoms. The first-order chi connectivity index (χ1) is 9.56. The van der Waals surface area contributed by atoms with Gasteiger partial charge < -0.3 is 4.90 Å². The van der Waals surface area contributed by atoms with Gasteiger partial charge in [-0.3, -0.25) is 4.90 Å². The van der Waals surface area contributed by atoms with Crippen molar-refractivity contribution in [1.29, 1.82) is 0 Å². The van der Waals surface area contributed by atoms with E-state index >= 15 is 0 Å². The molecule has 2 nitrogen and oxygen atoms in total. The molecule has 1 aromatic carbocycles. The van der Waals surface area contributed by atoms with Gasteiger partial charge in [-0.1, -0.05) is 19.9 Å². The normalized spacial score (nSPS) is 27.1. The standard InChI is InChI=1S/C17H25FN2/c1-12(2)17-11-19-8-4-5-14(19)10-20(17)16-7-6-13(3)9-15(16)18/h6-7,9,12,14,17H,4-5,8,10-11H2,1-3H3. The van der Waals surface area contributed by atoms with Crippen LogP contribution in [0.3, 0.4) is 0 Å². The number of hydrogen-bond donors (Lipinski definition) is 0. The molecule has 0 saturated carbocycles. The van der Waals surface area contributed by atoms with Crippen molar-refractivity contribution in [2.24, 2.45) is 5.92 Å². The Balaban J connectivity index is 1.91. The highest BCUT2D eigenvalue weighted by molar-refractivity contribution is 5.51. The molecular formula is C17H25FN2. The number of hydrogen-bond acceptors (Lipinski definition) is 2. The van der Waals surface area contributed by atoms with Crippen LogP contribution in [0.2, 0.25) is 0 Å². The van der Waals surface area contributed by atoms with Gasteiger partial charge in [0.15, 0.2) is 0 Å². The molecule has 20 heavy (non-hydrogen) atoms. The van der Waals surface area contributed by atoms with Crippen molar-refractivity contribution in [1.82, 2.24) is 4.90 Å². The largest absolute Gasteiger partial charge is 0.363 e. The van der Waals surface area contributed by atoms with Crippen molar-refractivity contribution in [2.75, 3.05) is 24.5 Å². The number of anilines is 1. The van der Waals surface area contributed by atoms with Gasteiger partial charge in [0.25, 0.3) is 0 Å². The molecular weight excluding hydrogens is 251 g/mol. The third kappa shape index (κ3) is 2.44. The summed E-state index contributed by atoms with van der Waals surface area (Å²) in [7, 11) is 0. The lowest BCUT2D eigenvalue weighted by Gasteiger charge is -2.46. The minimum absolute atomic E-state index is 0.0675. The maximum Gasteiger partial charge on any atom is 0.146 e. The van der Waals surface area contributed by atoms with E-state index in [1.807, 2.05) is 19.1 Å². The molecule has 2 heterocycles. The second kappa shape index (κ2) is 5.36. The highest BCUT2D eigenvalue weighted by Gasteiger charge is 2.38. The molecule has 2 aliphatic heterocycles. The van der Waals surface area contributed by atoms with Gasteiger partial charge in [0.05, 0.1) is 5.69 Å². The predicted octanol–water partition coefficient (Wildman–Crippen LogP) is 3.44. The van der Waals surface area contributed by atoms with Crippen LogP contribution in [0.15, 0.2) is 18.2 Å². The van der Waals surface area contributed by atoms with Crippen molar-refractivity contribution in [3.05, 3.63) is 29.6 Å². The number of benzene rings is 1. The highest BCUT2D eigenvalue weighted by Crippen LogP contribution is 2.32. The summed E-state index contributed by atoms with van der Waals surface area (Å²) in [5.74, 6) is 0.472. The minimum atomic E-state index is -0.0675. The first kappa shape index (κ1) is 13.9. The molecule has 2 saturated heterocycles. The SMILES string of the molecule is Cc1ccc(N2CC3CCCN3CC2C(C)C)c(F)c1. The molecule has 2 unspecified atom stereocenters. The van der Waals surface area contributed by atoms with E-state index in [1.54, 1.807) is 6.07 Å². The summed E-state index contributed by atoms with van der Waals surface area (Å²) in [6.07, 6.45) is 2.55. The summed E-state index contributed by atoms with van der Waals surface area (Å²) in [5.41, 5.74) is 1.78. The van der Waals surface area contributed by atoms with Gasteiger partial charge in [-0.2, -0.15) is 0 Å². The van der Waals surface area contributed by atoms with E-state index in [4.69, 9.17) is 0 Å². The fourth-order valence-corrected chi connectivity index (χ4v) is 3.74. The average Bonchev–Trinajstić information content (AvgIpc) is 2.84. The van der Waals surface area contributed by atoms with Crippen LogP contribution in [-0.2, 0) is 0 Å². The van der Waals surface area contributed by atoms with E-state index < -0.39 is 0 Å². The van der Waals surface area contributed by atoms with E-state index in [2.05, 4.69) is 23.6 Å². The summed E-state index contributed by atoms with van der Waals surface area (Å²) in [6.45, 7) is 9.72. The van der Waals surface area contributed by atoms with E-state index in [0.29, 0.717) is 18.0 Å². The van der Waals surface area contributed by atoms with E-state index in [9.17, 15) is 4.39 Å². The Kier molecular flexibility index (Phi) is 3.72. The van der Waals surface area contributed by atoms with Gasteiger partial charge in [0.1, 0.15) is 5.82 Å². The first-order valence-corrected chi connectivity index (χ1v) is 7.83. The van der Waals surface area contributed by atoms with E-state index in [-0.39, 0.29) is 5.82 Å². The monoisotopic (exact) mass is 276 g/mol. The molecule has 0 spiro atoms. The molecule has 1 aromatic rings. The number of rotatable bonds is 2. The summed E-state index contributed by atoms with van der Waals surface area (Å²) in [5, 5.41) is 0. The molecule has 0 aliphatic carbocycles. The molecule has 0 N–H and O–H groups in total. The molecule has 0 amide bonds. The van der Waals surface area contributed by atoms with Crippen LogP contribution in [0.4, 0.5) is 10.1 Å². The second-order valence-electron chi connectivity index (χ2n) is 6.71. The average molecular weight is 276 g/mol. The van der Waals surface area contributed by atoms with E-state index in [0.717, 1.165) is 24.3 Å². The van der Waals surface area contributed by atoms with Gasteiger partial charge in [0, 0.05) is 25.2 Å². The van der Waals surface area contributed by atoms with Crippen LogP contribution >= 0.6 is 0 Å². The quantitative estimate of drug-likeness (QED) is 0.816. The second-order valence-corrected chi connectivity index (χ2v) is 6.71. The molecule has 0 bridgehead atoms. The Bertz CT molecular complexity index is 486. The Labute approximate surface area is 121 Å². The maximum atomic E-state index is 14.4. The van der Waals surface area contributed by atoms with Gasteiger partial charge in [-0.25, -0.2) is 4.39 Å². The zero-order valence-corrected chi connectivity index (χ0v) is 12.8. The van der Waals surface area contributed by atoms with Crippen molar-refractivity contribution in [3.8, 4) is 0 Å². The van der Waals surface area contributed by atoms with Crippen molar-refractivity contribution in [3.63, 3.8) is 0 Å². The topological polar surface area (TPSA) is 6.48 Å². The number of nitrogens with zero attached hydrogens (tertiary/aromatic N) is 2. The van der Waals surface area contributed by atoms with Crippen molar-refractivity contribution >= 4 is 5.69 Å². The number of halogens is 1. The van der Waals surface area contributed by atoms with Gasteiger partial charge in [0.2, 0.25) is 0 Å². The minimum Gasteiger partial charge on any atom is -0.363 e. The molecule has 0 radical (unpaired) electrons. The molecule has 110 valence electrons. The third-order valence-electron chi connectivity index (χ3n) is 4.91. The zero-order valence-electron chi connectivity index (χ0n) is 12.8. The molecule has 3 rings (SSSR count). The van der Waals surface area contributed by atoms with Crippen LogP contribution in [-0.4, -0.2) is 36.6 Å². The lowest BCUT2D eigenvalue weighted by atomic mass is 9.96. The summed E-state index contributed by atoms with van der Waals surface area (Å²) < 4.78 is 14.4. The van der Waals surface area contributed by atoms with Crippen LogP contribution < -0.4 is 4.90 Å². The fourth-order valence-electron chi connectivity index (χ4n) is 3.74. The number of piperazine rings is 1. The highest BCUT2D eigenvalue weighted by atomic mass is 19.1. The predicted molar refractivity (Wildman–Crippen MR) is 81.7 cm³/mol. The van der Waals surface area contributed by atoms with Gasteiger partial charge >= 0.3 is 0 Å². The Morgan fingerprint density at radius 2 is 2.05 bits per heavy atom. The zero-order chi connectivity index (χ0) is 14.3. The van der Waals surface area contributed by atoms with Crippen molar-refractivity contribution < 1.29 is 4.39 Å². The lowest BCUT2D eigenvalue weighted by molar-refractivity contribution is 0.176. The molecule has 2 fully saturated rings. The van der Waals surface area contributed by atoms with Gasteiger partial charge in [-0.05, 0) is 49.9 Å². The smallest absolute Gasteiger partial charge is 0.146 e. The van der Waals surface area contributed by atoms with Gasteiger partial charge in [-0.15, -0.1) is 0 Å². The Morgan fingerprint density at radius 3 is 2.75 bits per heavy atom. The summed E-state index contributed by atoms with van der Waals surface area (Å²) in [6, 6.07) is 6.68. The van der Waals surface area contributed by atoms with Crippen LogP contribution in [0.1, 0.15) is 32.3 Å². The number of aryl methyl sites for hydroxylation is 1. The molecule has 2 aliphatic rings. The maximum absolute atomic E-state index is 14.4. The number of fused-ring (bicyclic) bond motifs is 1. The molecule has 0 aromatic heterocycles. The Morgan fingerprint density at radius 1 is 1.25 bits per heavy atom. The Hall–Kier alpha value is -1.09.